The lowest BCUT2D eigenvalue weighted by Gasteiger charge is -2.30. The minimum absolute atomic E-state index is 0.0639. The average Bonchev–Trinajstić information content (AvgIpc) is 3.01. The van der Waals surface area contributed by atoms with E-state index in [0.717, 1.165) is 19.3 Å². The Morgan fingerprint density at radius 3 is 2.30 bits per heavy atom. The summed E-state index contributed by atoms with van der Waals surface area (Å²) in [5.74, 6) is -2.82. The average molecular weight is 276 g/mol. The van der Waals surface area contributed by atoms with Crippen LogP contribution in [-0.4, -0.2) is 11.9 Å². The van der Waals surface area contributed by atoms with E-state index >= 15 is 0 Å². The van der Waals surface area contributed by atoms with Gasteiger partial charge in [-0.15, -0.1) is 0 Å². The molecule has 0 saturated heterocycles. The highest BCUT2D eigenvalue weighted by Gasteiger charge is 2.51. The van der Waals surface area contributed by atoms with Gasteiger partial charge in [0, 0.05) is 23.5 Å². The summed E-state index contributed by atoms with van der Waals surface area (Å²) in [6.07, 6.45) is 2.56. The summed E-state index contributed by atoms with van der Waals surface area (Å²) >= 11 is 0. The van der Waals surface area contributed by atoms with Crippen molar-refractivity contribution in [3.63, 3.8) is 0 Å². The lowest BCUT2D eigenvalue weighted by atomic mass is 9.78. The van der Waals surface area contributed by atoms with Crippen molar-refractivity contribution in [1.29, 1.82) is 0 Å². The summed E-state index contributed by atoms with van der Waals surface area (Å²) < 4.78 is 12.8. The molecule has 2 saturated carbocycles. The zero-order valence-corrected chi connectivity index (χ0v) is 10.8. The predicted octanol–water partition coefficient (Wildman–Crippen LogP) is 1.18. The van der Waals surface area contributed by atoms with Gasteiger partial charge in [-0.25, -0.2) is 4.39 Å². The number of carboxylic acid groups (broad SMARTS) is 1. The van der Waals surface area contributed by atoms with Crippen LogP contribution in [0.1, 0.15) is 19.3 Å². The molecular weight excluding hydrogens is 261 g/mol. The van der Waals surface area contributed by atoms with Crippen molar-refractivity contribution in [1.82, 2.24) is 0 Å². The molecule has 0 radical (unpaired) electrons. The fourth-order valence-electron chi connectivity index (χ4n) is 3.77. The summed E-state index contributed by atoms with van der Waals surface area (Å²) in [6, 6.07) is 5.45. The number of benzene rings is 1. The van der Waals surface area contributed by atoms with Crippen molar-refractivity contribution < 1.29 is 19.1 Å². The molecule has 0 unspecified atom stereocenters. The van der Waals surface area contributed by atoms with E-state index in [1.54, 1.807) is 0 Å². The van der Waals surface area contributed by atoms with Crippen molar-refractivity contribution in [3.8, 4) is 0 Å². The van der Waals surface area contributed by atoms with Crippen LogP contribution in [0.15, 0.2) is 24.3 Å². The molecule has 1 aromatic carbocycles. The van der Waals surface area contributed by atoms with E-state index in [1.807, 2.05) is 0 Å². The highest BCUT2D eigenvalue weighted by atomic mass is 19.1. The second-order valence-corrected chi connectivity index (χ2v) is 5.70. The molecular formula is C15H15FNO3-. The third kappa shape index (κ3) is 2.17. The number of anilines is 1. The lowest BCUT2D eigenvalue weighted by molar-refractivity contribution is -0.314. The number of halogens is 1. The van der Waals surface area contributed by atoms with Gasteiger partial charge in [0.05, 0.1) is 0 Å². The van der Waals surface area contributed by atoms with E-state index in [-0.39, 0.29) is 23.6 Å². The Labute approximate surface area is 116 Å². The summed E-state index contributed by atoms with van der Waals surface area (Å²) in [7, 11) is 0. The first-order valence-electron chi connectivity index (χ1n) is 6.83. The number of carbonyl (C=O) groups is 2. The van der Waals surface area contributed by atoms with Gasteiger partial charge in [-0.2, -0.15) is 0 Å². The van der Waals surface area contributed by atoms with Gasteiger partial charge in [-0.1, -0.05) is 0 Å². The predicted molar refractivity (Wildman–Crippen MR) is 67.8 cm³/mol. The van der Waals surface area contributed by atoms with Gasteiger partial charge in [-0.05, 0) is 55.4 Å². The van der Waals surface area contributed by atoms with Gasteiger partial charge in [0.25, 0.3) is 0 Å². The molecule has 0 spiro atoms. The molecule has 5 heteroatoms. The Balaban J connectivity index is 1.76. The number of rotatable bonds is 3. The maximum Gasteiger partial charge on any atom is 0.228 e. The van der Waals surface area contributed by atoms with E-state index in [2.05, 4.69) is 5.32 Å². The van der Waals surface area contributed by atoms with Crippen molar-refractivity contribution in [3.05, 3.63) is 30.1 Å². The monoisotopic (exact) mass is 276 g/mol. The number of amides is 1. The second kappa shape index (κ2) is 4.89. The van der Waals surface area contributed by atoms with Crippen LogP contribution < -0.4 is 10.4 Å². The molecule has 4 atom stereocenters. The van der Waals surface area contributed by atoms with Gasteiger partial charge in [0.15, 0.2) is 0 Å². The Kier molecular flexibility index (Phi) is 3.20. The van der Waals surface area contributed by atoms with Crippen LogP contribution in [0.3, 0.4) is 0 Å². The number of carboxylic acids is 1. The fourth-order valence-corrected chi connectivity index (χ4v) is 3.77. The Hall–Kier alpha value is -1.91. The van der Waals surface area contributed by atoms with Gasteiger partial charge >= 0.3 is 0 Å². The smallest absolute Gasteiger partial charge is 0.228 e. The molecule has 2 aliphatic carbocycles. The standard InChI is InChI=1S/C15H16FNO3/c16-10-3-5-11(6-4-10)17-14(18)12-8-1-2-9(7-8)13(12)15(19)20/h3-6,8-9,12-13H,1-2,7H2,(H,17,18)(H,19,20)/p-1/t8-,9-,12+,13-/m0/s1. The first kappa shape index (κ1) is 13.1. The number of hydrogen-bond donors (Lipinski definition) is 1. The topological polar surface area (TPSA) is 69.2 Å². The first-order chi connectivity index (χ1) is 9.56. The molecule has 106 valence electrons. The molecule has 4 nitrogen and oxygen atoms in total. The van der Waals surface area contributed by atoms with Crippen molar-refractivity contribution in [2.45, 2.75) is 19.3 Å². The van der Waals surface area contributed by atoms with E-state index in [1.165, 1.54) is 24.3 Å². The zero-order chi connectivity index (χ0) is 14.3. The maximum atomic E-state index is 12.8. The molecule has 20 heavy (non-hydrogen) atoms. The molecule has 2 aliphatic rings. The van der Waals surface area contributed by atoms with Crippen molar-refractivity contribution >= 4 is 17.6 Å². The summed E-state index contributed by atoms with van der Waals surface area (Å²) in [4.78, 5) is 23.6. The van der Waals surface area contributed by atoms with Crippen LogP contribution in [0, 0.1) is 29.5 Å². The molecule has 2 fully saturated rings. The molecule has 0 heterocycles. The summed E-state index contributed by atoms with van der Waals surface area (Å²) in [5, 5.41) is 13.9. The van der Waals surface area contributed by atoms with Gasteiger partial charge in [-0.3, -0.25) is 4.79 Å². The van der Waals surface area contributed by atoms with Gasteiger partial charge < -0.3 is 15.2 Å². The van der Waals surface area contributed by atoms with Crippen LogP contribution in [0.5, 0.6) is 0 Å². The highest BCUT2D eigenvalue weighted by molar-refractivity contribution is 5.95. The van der Waals surface area contributed by atoms with E-state index in [9.17, 15) is 19.1 Å². The second-order valence-electron chi connectivity index (χ2n) is 5.70. The molecule has 2 bridgehead atoms. The third-order valence-electron chi connectivity index (χ3n) is 4.60. The molecule has 1 N–H and O–H groups in total. The largest absolute Gasteiger partial charge is 0.550 e. The maximum absolute atomic E-state index is 12.8. The van der Waals surface area contributed by atoms with Crippen LogP contribution in [-0.2, 0) is 9.59 Å². The normalized spacial score (nSPS) is 31.2. The molecule has 1 aromatic rings. The van der Waals surface area contributed by atoms with Crippen molar-refractivity contribution in [2.24, 2.45) is 23.7 Å². The highest BCUT2D eigenvalue weighted by Crippen LogP contribution is 2.52. The Morgan fingerprint density at radius 1 is 1.10 bits per heavy atom. The summed E-state index contributed by atoms with van der Waals surface area (Å²) in [5.41, 5.74) is 0.483. The minimum Gasteiger partial charge on any atom is -0.550 e. The quantitative estimate of drug-likeness (QED) is 0.901. The first-order valence-corrected chi connectivity index (χ1v) is 6.83. The number of fused-ring (bicyclic) bond motifs is 2. The number of carbonyl (C=O) groups excluding carboxylic acids is 2. The van der Waals surface area contributed by atoms with Crippen molar-refractivity contribution in [2.75, 3.05) is 5.32 Å². The summed E-state index contributed by atoms with van der Waals surface area (Å²) in [6.45, 7) is 0. The van der Waals surface area contributed by atoms with Crippen LogP contribution in [0.4, 0.5) is 10.1 Å². The molecule has 0 aliphatic heterocycles. The third-order valence-corrected chi connectivity index (χ3v) is 4.60. The van der Waals surface area contributed by atoms with Gasteiger partial charge in [0.1, 0.15) is 5.82 Å². The van der Waals surface area contributed by atoms with Crippen LogP contribution >= 0.6 is 0 Å². The van der Waals surface area contributed by atoms with Crippen LogP contribution in [0.25, 0.3) is 0 Å². The van der Waals surface area contributed by atoms with E-state index in [4.69, 9.17) is 0 Å². The lowest BCUT2D eigenvalue weighted by Crippen LogP contribution is -2.43. The number of aliphatic carboxylic acids is 1. The van der Waals surface area contributed by atoms with Gasteiger partial charge in [0.2, 0.25) is 5.91 Å². The molecule has 0 aromatic heterocycles. The van der Waals surface area contributed by atoms with Crippen LogP contribution in [0.2, 0.25) is 0 Å². The Morgan fingerprint density at radius 2 is 1.70 bits per heavy atom. The van der Waals surface area contributed by atoms with E-state index in [0.29, 0.717) is 5.69 Å². The number of hydrogen-bond acceptors (Lipinski definition) is 3. The Bertz CT molecular complexity index is 543. The fraction of sp³-hybridized carbons (Fsp3) is 0.467. The molecule has 3 rings (SSSR count). The number of nitrogens with one attached hydrogen (secondary N) is 1. The zero-order valence-electron chi connectivity index (χ0n) is 10.8. The van der Waals surface area contributed by atoms with E-state index < -0.39 is 17.8 Å². The minimum atomic E-state index is -1.13. The SMILES string of the molecule is O=C(Nc1ccc(F)cc1)[C@@H]1[C@H]2CC[C@@H](C2)[C@@H]1C(=O)[O-]. The molecule has 1 amide bonds.